The van der Waals surface area contributed by atoms with Crippen LogP contribution in [-0.4, -0.2) is 7.11 Å². The Morgan fingerprint density at radius 3 is 2.11 bits per heavy atom. The Bertz CT molecular complexity index is 579. The molecule has 0 unspecified atom stereocenters. The molecule has 94 valence electrons. The summed E-state index contributed by atoms with van der Waals surface area (Å²) in [4.78, 5) is 0. The first-order valence-electron chi connectivity index (χ1n) is 5.10. The van der Waals surface area contributed by atoms with E-state index in [9.17, 15) is 13.2 Å². The Labute approximate surface area is 102 Å². The first-order chi connectivity index (χ1) is 8.51. The van der Waals surface area contributed by atoms with Crippen LogP contribution < -0.4 is 10.5 Å². The van der Waals surface area contributed by atoms with E-state index in [2.05, 4.69) is 0 Å². The van der Waals surface area contributed by atoms with Crippen molar-refractivity contribution in [1.29, 1.82) is 0 Å². The summed E-state index contributed by atoms with van der Waals surface area (Å²) in [6.07, 6.45) is 0. The molecule has 0 atom stereocenters. The maximum absolute atomic E-state index is 13.7. The van der Waals surface area contributed by atoms with Crippen LogP contribution in [0.2, 0.25) is 0 Å². The van der Waals surface area contributed by atoms with Crippen molar-refractivity contribution in [2.75, 3.05) is 12.8 Å². The molecule has 0 aromatic heterocycles. The van der Waals surface area contributed by atoms with Crippen LogP contribution in [0.4, 0.5) is 18.9 Å². The second-order valence-electron chi connectivity index (χ2n) is 3.73. The predicted molar refractivity (Wildman–Crippen MR) is 62.7 cm³/mol. The molecule has 2 aromatic carbocycles. The van der Waals surface area contributed by atoms with Crippen LogP contribution in [0, 0.1) is 17.5 Å². The highest BCUT2D eigenvalue weighted by molar-refractivity contribution is 5.70. The van der Waals surface area contributed by atoms with Gasteiger partial charge in [0.05, 0.1) is 12.8 Å². The molecular weight excluding hydrogens is 243 g/mol. The van der Waals surface area contributed by atoms with Crippen LogP contribution in [0.25, 0.3) is 11.1 Å². The Hall–Kier alpha value is -2.17. The van der Waals surface area contributed by atoms with Gasteiger partial charge in [-0.25, -0.2) is 13.2 Å². The number of ether oxygens (including phenoxy) is 1. The summed E-state index contributed by atoms with van der Waals surface area (Å²) in [5, 5.41) is 0. The molecule has 2 nitrogen and oxygen atoms in total. The van der Waals surface area contributed by atoms with Gasteiger partial charge in [0.25, 0.3) is 0 Å². The van der Waals surface area contributed by atoms with E-state index in [-0.39, 0.29) is 22.6 Å². The average Bonchev–Trinajstić information content (AvgIpc) is 2.27. The molecule has 0 spiro atoms. The molecule has 18 heavy (non-hydrogen) atoms. The minimum Gasteiger partial charge on any atom is -0.495 e. The molecule has 0 aliphatic carbocycles. The third kappa shape index (κ3) is 2.25. The summed E-state index contributed by atoms with van der Waals surface area (Å²) in [6, 6.07) is 5.15. The van der Waals surface area contributed by atoms with E-state index >= 15 is 0 Å². The second-order valence-corrected chi connectivity index (χ2v) is 3.73. The summed E-state index contributed by atoms with van der Waals surface area (Å²) >= 11 is 0. The monoisotopic (exact) mass is 253 g/mol. The first-order valence-corrected chi connectivity index (χ1v) is 5.10. The molecule has 5 heteroatoms. The fourth-order valence-electron chi connectivity index (χ4n) is 1.68. The van der Waals surface area contributed by atoms with Gasteiger partial charge < -0.3 is 10.5 Å². The smallest absolute Gasteiger partial charge is 0.142 e. The number of hydrogen-bond acceptors (Lipinski definition) is 2. The summed E-state index contributed by atoms with van der Waals surface area (Å²) < 4.78 is 44.9. The molecule has 0 aliphatic heterocycles. The Morgan fingerprint density at radius 2 is 1.56 bits per heavy atom. The standard InChI is InChI=1S/C13H10F3NO/c1-18-13-5-10(11(16)6-12(13)17)7-2-8(14)4-9(15)3-7/h2-6H,17H2,1H3. The van der Waals surface area contributed by atoms with Gasteiger partial charge in [0.2, 0.25) is 0 Å². The lowest BCUT2D eigenvalue weighted by Gasteiger charge is -2.09. The molecular formula is C13H10F3NO. The molecule has 0 saturated carbocycles. The van der Waals surface area contributed by atoms with Crippen molar-refractivity contribution in [3.05, 3.63) is 47.8 Å². The summed E-state index contributed by atoms with van der Waals surface area (Å²) in [7, 11) is 1.37. The molecule has 0 radical (unpaired) electrons. The maximum atomic E-state index is 13.7. The zero-order valence-corrected chi connectivity index (χ0v) is 9.51. The second kappa shape index (κ2) is 4.60. The normalized spacial score (nSPS) is 10.4. The fourth-order valence-corrected chi connectivity index (χ4v) is 1.68. The van der Waals surface area contributed by atoms with Gasteiger partial charge in [0.15, 0.2) is 0 Å². The van der Waals surface area contributed by atoms with Gasteiger partial charge in [0.1, 0.15) is 23.2 Å². The quantitative estimate of drug-likeness (QED) is 0.833. The number of hydrogen-bond donors (Lipinski definition) is 1. The van der Waals surface area contributed by atoms with E-state index in [0.717, 1.165) is 24.3 Å². The van der Waals surface area contributed by atoms with Gasteiger partial charge in [-0.05, 0) is 23.8 Å². The van der Waals surface area contributed by atoms with Gasteiger partial charge in [-0.15, -0.1) is 0 Å². The number of anilines is 1. The Kier molecular flexibility index (Phi) is 3.14. The Balaban J connectivity index is 2.62. The van der Waals surface area contributed by atoms with E-state index in [0.29, 0.717) is 0 Å². The van der Waals surface area contributed by atoms with Crippen LogP contribution >= 0.6 is 0 Å². The third-order valence-corrected chi connectivity index (χ3v) is 2.49. The van der Waals surface area contributed by atoms with Crippen molar-refractivity contribution in [3.8, 4) is 16.9 Å². The van der Waals surface area contributed by atoms with Crippen LogP contribution in [0.5, 0.6) is 5.75 Å². The number of halogens is 3. The van der Waals surface area contributed by atoms with E-state index in [1.54, 1.807) is 0 Å². The average molecular weight is 253 g/mol. The molecule has 2 aromatic rings. The molecule has 0 saturated heterocycles. The minimum atomic E-state index is -0.778. The molecule has 0 amide bonds. The van der Waals surface area contributed by atoms with Crippen molar-refractivity contribution < 1.29 is 17.9 Å². The predicted octanol–water partition coefficient (Wildman–Crippen LogP) is 3.36. The summed E-state index contributed by atoms with van der Waals surface area (Å²) in [6.45, 7) is 0. The number of methoxy groups -OCH3 is 1. The fraction of sp³-hybridized carbons (Fsp3) is 0.0769. The molecule has 0 heterocycles. The van der Waals surface area contributed by atoms with Gasteiger partial charge in [0, 0.05) is 17.7 Å². The van der Waals surface area contributed by atoms with Crippen LogP contribution in [-0.2, 0) is 0 Å². The van der Waals surface area contributed by atoms with Crippen LogP contribution in [0.15, 0.2) is 30.3 Å². The van der Waals surface area contributed by atoms with Gasteiger partial charge in [-0.1, -0.05) is 0 Å². The zero-order chi connectivity index (χ0) is 13.3. The molecule has 2 rings (SSSR count). The summed E-state index contributed by atoms with van der Waals surface area (Å²) in [5.41, 5.74) is 5.76. The molecule has 0 aliphatic rings. The van der Waals surface area contributed by atoms with Gasteiger partial charge in [-0.2, -0.15) is 0 Å². The SMILES string of the molecule is COc1cc(-c2cc(F)cc(F)c2)c(F)cc1N. The van der Waals surface area contributed by atoms with Crippen LogP contribution in [0.3, 0.4) is 0 Å². The maximum Gasteiger partial charge on any atom is 0.142 e. The minimum absolute atomic E-state index is 0.0273. The van der Waals surface area contributed by atoms with Crippen molar-refractivity contribution >= 4 is 5.69 Å². The highest BCUT2D eigenvalue weighted by Crippen LogP contribution is 2.32. The Morgan fingerprint density at radius 1 is 0.944 bits per heavy atom. The van der Waals surface area contributed by atoms with Crippen molar-refractivity contribution in [2.24, 2.45) is 0 Å². The van der Waals surface area contributed by atoms with Gasteiger partial charge in [-0.3, -0.25) is 0 Å². The molecule has 0 fully saturated rings. The largest absolute Gasteiger partial charge is 0.495 e. The van der Waals surface area contributed by atoms with E-state index in [1.165, 1.54) is 13.2 Å². The zero-order valence-electron chi connectivity index (χ0n) is 9.51. The van der Waals surface area contributed by atoms with E-state index < -0.39 is 17.5 Å². The number of rotatable bonds is 2. The topological polar surface area (TPSA) is 35.2 Å². The number of benzene rings is 2. The number of nitrogen functional groups attached to an aromatic ring is 1. The third-order valence-electron chi connectivity index (χ3n) is 2.49. The molecule has 0 bridgehead atoms. The lowest BCUT2D eigenvalue weighted by atomic mass is 10.0. The van der Waals surface area contributed by atoms with Gasteiger partial charge >= 0.3 is 0 Å². The molecule has 2 N–H and O–H groups in total. The summed E-state index contributed by atoms with van der Waals surface area (Å²) in [5.74, 6) is -1.98. The first kappa shape index (κ1) is 12.3. The number of nitrogens with two attached hydrogens (primary N) is 1. The lowest BCUT2D eigenvalue weighted by Crippen LogP contribution is -1.96. The highest BCUT2D eigenvalue weighted by atomic mass is 19.1. The van der Waals surface area contributed by atoms with Crippen molar-refractivity contribution in [2.45, 2.75) is 0 Å². The van der Waals surface area contributed by atoms with E-state index in [4.69, 9.17) is 10.5 Å². The van der Waals surface area contributed by atoms with Crippen molar-refractivity contribution in [3.63, 3.8) is 0 Å². The van der Waals surface area contributed by atoms with E-state index in [1.807, 2.05) is 0 Å². The van der Waals surface area contributed by atoms with Crippen molar-refractivity contribution in [1.82, 2.24) is 0 Å². The highest BCUT2D eigenvalue weighted by Gasteiger charge is 2.12. The van der Waals surface area contributed by atoms with Crippen LogP contribution in [0.1, 0.15) is 0 Å². The lowest BCUT2D eigenvalue weighted by molar-refractivity contribution is 0.416.